The first kappa shape index (κ1) is 12.6. The molecule has 2 heterocycles. The molecule has 0 aromatic carbocycles. The van der Waals surface area contributed by atoms with Crippen LogP contribution in [-0.2, 0) is 25.9 Å². The molecule has 1 aromatic heterocycles. The van der Waals surface area contributed by atoms with Crippen molar-refractivity contribution in [2.45, 2.75) is 59.5 Å². The van der Waals surface area contributed by atoms with E-state index in [1.165, 1.54) is 30.1 Å². The van der Waals surface area contributed by atoms with Crippen molar-refractivity contribution in [3.63, 3.8) is 0 Å². The molecule has 3 heteroatoms. The van der Waals surface area contributed by atoms with E-state index in [0.29, 0.717) is 0 Å². The van der Waals surface area contributed by atoms with Crippen LogP contribution in [0.5, 0.6) is 0 Å². The maximum atomic E-state index is 4.83. The predicted molar refractivity (Wildman–Crippen MR) is 71.1 cm³/mol. The van der Waals surface area contributed by atoms with Crippen molar-refractivity contribution in [2.75, 3.05) is 6.54 Å². The molecule has 3 nitrogen and oxygen atoms in total. The topological polar surface area (TPSA) is 29.9 Å². The van der Waals surface area contributed by atoms with Crippen molar-refractivity contribution in [1.29, 1.82) is 0 Å². The molecule has 0 saturated heterocycles. The van der Waals surface area contributed by atoms with Crippen molar-refractivity contribution >= 4 is 0 Å². The van der Waals surface area contributed by atoms with Crippen molar-refractivity contribution in [3.8, 4) is 0 Å². The van der Waals surface area contributed by atoms with Gasteiger partial charge < -0.3 is 9.88 Å². The summed E-state index contributed by atoms with van der Waals surface area (Å²) in [5, 5.41) is 3.42. The Labute approximate surface area is 105 Å². The maximum Gasteiger partial charge on any atom is 0.109 e. The summed E-state index contributed by atoms with van der Waals surface area (Å²) in [7, 11) is 0. The van der Waals surface area contributed by atoms with Gasteiger partial charge in [0, 0.05) is 38.2 Å². The van der Waals surface area contributed by atoms with E-state index >= 15 is 0 Å². The van der Waals surface area contributed by atoms with E-state index in [0.717, 1.165) is 38.4 Å². The number of nitrogens with one attached hydrogen (secondary N) is 1. The second-order valence-electron chi connectivity index (χ2n) is 5.22. The fourth-order valence-corrected chi connectivity index (χ4v) is 2.50. The maximum absolute atomic E-state index is 4.83. The zero-order valence-electron chi connectivity index (χ0n) is 11.4. The van der Waals surface area contributed by atoms with E-state index in [-0.39, 0.29) is 0 Å². The summed E-state index contributed by atoms with van der Waals surface area (Å²) in [6.07, 6.45) is 4.69. The number of nitrogens with zero attached hydrogens (tertiary/aromatic N) is 2. The highest BCUT2D eigenvalue weighted by Crippen LogP contribution is 2.19. The van der Waals surface area contributed by atoms with Gasteiger partial charge in [0.1, 0.15) is 5.82 Å². The van der Waals surface area contributed by atoms with Gasteiger partial charge in [0.05, 0.1) is 5.69 Å². The second-order valence-corrected chi connectivity index (χ2v) is 5.22. The third-order valence-electron chi connectivity index (χ3n) is 3.73. The largest absolute Gasteiger partial charge is 0.331 e. The van der Waals surface area contributed by atoms with Crippen LogP contribution in [0.15, 0.2) is 0 Å². The molecular formula is C14H25N3. The molecule has 0 saturated carbocycles. The zero-order chi connectivity index (χ0) is 12.3. The van der Waals surface area contributed by atoms with Gasteiger partial charge >= 0.3 is 0 Å². The molecule has 1 aromatic rings. The number of hydrogen-bond donors (Lipinski definition) is 1. The summed E-state index contributed by atoms with van der Waals surface area (Å²) in [6, 6.07) is 0. The Morgan fingerprint density at radius 3 is 2.94 bits per heavy atom. The average molecular weight is 235 g/mol. The lowest BCUT2D eigenvalue weighted by molar-refractivity contribution is 0.443. The molecule has 1 unspecified atom stereocenters. The SMILES string of the molecule is CCCc1nc2c(n1CC(C)CC)CCNC2. The molecule has 17 heavy (non-hydrogen) atoms. The van der Waals surface area contributed by atoms with Crippen LogP contribution in [0.3, 0.4) is 0 Å². The van der Waals surface area contributed by atoms with Crippen molar-refractivity contribution < 1.29 is 0 Å². The summed E-state index contributed by atoms with van der Waals surface area (Å²) in [4.78, 5) is 4.83. The molecular weight excluding hydrogens is 210 g/mol. The Balaban J connectivity index is 2.28. The van der Waals surface area contributed by atoms with Gasteiger partial charge in [0.25, 0.3) is 0 Å². The van der Waals surface area contributed by atoms with Gasteiger partial charge in [0.15, 0.2) is 0 Å². The number of hydrogen-bond acceptors (Lipinski definition) is 2. The third kappa shape index (κ3) is 2.71. The minimum atomic E-state index is 0.749. The molecule has 0 spiro atoms. The van der Waals surface area contributed by atoms with Crippen LogP contribution in [0.4, 0.5) is 0 Å². The lowest BCUT2D eigenvalue weighted by Crippen LogP contribution is -2.25. The minimum absolute atomic E-state index is 0.749. The first-order valence-electron chi connectivity index (χ1n) is 7.04. The number of fused-ring (bicyclic) bond motifs is 1. The average Bonchev–Trinajstić information content (AvgIpc) is 2.68. The first-order chi connectivity index (χ1) is 8.26. The molecule has 1 aliphatic rings. The molecule has 96 valence electrons. The van der Waals surface area contributed by atoms with Gasteiger partial charge in [-0.3, -0.25) is 0 Å². The fourth-order valence-electron chi connectivity index (χ4n) is 2.50. The Morgan fingerprint density at radius 1 is 1.41 bits per heavy atom. The number of aryl methyl sites for hydroxylation is 1. The van der Waals surface area contributed by atoms with Crippen molar-refractivity contribution in [1.82, 2.24) is 14.9 Å². The number of imidazole rings is 1. The smallest absolute Gasteiger partial charge is 0.109 e. The summed E-state index contributed by atoms with van der Waals surface area (Å²) in [6.45, 7) is 10.1. The molecule has 0 aliphatic carbocycles. The van der Waals surface area contributed by atoms with Crippen LogP contribution < -0.4 is 5.32 Å². The normalized spacial score (nSPS) is 16.9. The summed E-state index contributed by atoms with van der Waals surface area (Å²) in [5.41, 5.74) is 2.79. The predicted octanol–water partition coefficient (Wildman–Crippen LogP) is 2.53. The first-order valence-corrected chi connectivity index (χ1v) is 7.04. The number of rotatable bonds is 5. The fraction of sp³-hybridized carbons (Fsp3) is 0.786. The quantitative estimate of drug-likeness (QED) is 0.850. The minimum Gasteiger partial charge on any atom is -0.331 e. The lowest BCUT2D eigenvalue weighted by atomic mass is 10.1. The molecule has 1 aliphatic heterocycles. The summed E-state index contributed by atoms with van der Waals surface area (Å²) in [5.74, 6) is 2.06. The highest BCUT2D eigenvalue weighted by molar-refractivity contribution is 5.20. The molecule has 2 rings (SSSR count). The van der Waals surface area contributed by atoms with Gasteiger partial charge in [-0.05, 0) is 12.3 Å². The van der Waals surface area contributed by atoms with Gasteiger partial charge in [0.2, 0.25) is 0 Å². The van der Waals surface area contributed by atoms with Gasteiger partial charge in [-0.2, -0.15) is 0 Å². The molecule has 0 amide bonds. The highest BCUT2D eigenvalue weighted by atomic mass is 15.1. The Hall–Kier alpha value is -0.830. The monoisotopic (exact) mass is 235 g/mol. The highest BCUT2D eigenvalue weighted by Gasteiger charge is 2.19. The molecule has 0 fully saturated rings. The molecule has 0 radical (unpaired) electrons. The van der Waals surface area contributed by atoms with Crippen molar-refractivity contribution in [3.05, 3.63) is 17.2 Å². The summed E-state index contributed by atoms with van der Waals surface area (Å²) < 4.78 is 2.51. The standard InChI is InChI=1S/C14H25N3/c1-4-6-14-16-12-9-15-8-7-13(12)17(14)10-11(3)5-2/h11,15H,4-10H2,1-3H3. The van der Waals surface area contributed by atoms with E-state index in [9.17, 15) is 0 Å². The second kappa shape index (κ2) is 5.67. The van der Waals surface area contributed by atoms with E-state index in [4.69, 9.17) is 4.98 Å². The van der Waals surface area contributed by atoms with E-state index in [1.54, 1.807) is 0 Å². The van der Waals surface area contributed by atoms with E-state index in [2.05, 4.69) is 30.7 Å². The lowest BCUT2D eigenvalue weighted by Gasteiger charge is -2.18. The number of aromatic nitrogens is 2. The van der Waals surface area contributed by atoms with Gasteiger partial charge in [-0.1, -0.05) is 27.2 Å². The molecule has 1 atom stereocenters. The Bertz CT molecular complexity index is 368. The van der Waals surface area contributed by atoms with Gasteiger partial charge in [-0.15, -0.1) is 0 Å². The van der Waals surface area contributed by atoms with Crippen LogP contribution in [0, 0.1) is 5.92 Å². The molecule has 0 bridgehead atoms. The van der Waals surface area contributed by atoms with Crippen LogP contribution in [0.2, 0.25) is 0 Å². The third-order valence-corrected chi connectivity index (χ3v) is 3.73. The van der Waals surface area contributed by atoms with E-state index in [1.807, 2.05) is 0 Å². The molecule has 1 N–H and O–H groups in total. The summed E-state index contributed by atoms with van der Waals surface area (Å²) >= 11 is 0. The Kier molecular flexibility index (Phi) is 4.21. The van der Waals surface area contributed by atoms with E-state index < -0.39 is 0 Å². The van der Waals surface area contributed by atoms with Crippen LogP contribution in [0.1, 0.15) is 50.8 Å². The van der Waals surface area contributed by atoms with Crippen LogP contribution in [0.25, 0.3) is 0 Å². The zero-order valence-corrected chi connectivity index (χ0v) is 11.4. The Morgan fingerprint density at radius 2 is 2.24 bits per heavy atom. The van der Waals surface area contributed by atoms with Crippen LogP contribution in [-0.4, -0.2) is 16.1 Å². The van der Waals surface area contributed by atoms with Gasteiger partial charge in [-0.25, -0.2) is 4.98 Å². The van der Waals surface area contributed by atoms with Crippen LogP contribution >= 0.6 is 0 Å². The van der Waals surface area contributed by atoms with Crippen molar-refractivity contribution in [2.24, 2.45) is 5.92 Å².